The summed E-state index contributed by atoms with van der Waals surface area (Å²) in [6.45, 7) is 0. The van der Waals surface area contributed by atoms with Crippen molar-refractivity contribution in [1.82, 2.24) is 10.6 Å². The number of rotatable bonds is 2. The number of imide groups is 2. The van der Waals surface area contributed by atoms with Crippen LogP contribution in [0.5, 0.6) is 0 Å². The van der Waals surface area contributed by atoms with Crippen molar-refractivity contribution in [2.75, 3.05) is 0 Å². The molecular weight excluding hydrogens is 448 g/mol. The van der Waals surface area contributed by atoms with Crippen molar-refractivity contribution in [3.8, 4) is 0 Å². The van der Waals surface area contributed by atoms with E-state index in [2.05, 4.69) is 10.6 Å². The van der Waals surface area contributed by atoms with Gasteiger partial charge in [-0.3, -0.25) is 50.0 Å². The quantitative estimate of drug-likeness (QED) is 0.384. The molecule has 0 aromatic heterocycles. The average Bonchev–Trinajstić information content (AvgIpc) is 3.54. The molecule has 6 rings (SSSR count). The Labute approximate surface area is 190 Å². The number of fused-ring (bicyclic) bond motifs is 6. The Kier molecular flexibility index (Phi) is 4.74. The van der Waals surface area contributed by atoms with Gasteiger partial charge in [-0.25, -0.2) is 0 Å². The van der Waals surface area contributed by atoms with Crippen molar-refractivity contribution in [3.63, 3.8) is 0 Å². The van der Waals surface area contributed by atoms with Gasteiger partial charge in [-0.1, -0.05) is 0 Å². The van der Waals surface area contributed by atoms with E-state index in [0.29, 0.717) is 36.0 Å². The molecular formula is C22H16N4O8. The van der Waals surface area contributed by atoms with E-state index in [0.717, 1.165) is 30.4 Å². The molecule has 0 atom stereocenters. The van der Waals surface area contributed by atoms with Crippen LogP contribution in [0.2, 0.25) is 0 Å². The molecule has 172 valence electrons. The Morgan fingerprint density at radius 3 is 1.88 bits per heavy atom. The third-order valence-corrected chi connectivity index (χ3v) is 6.53. The van der Waals surface area contributed by atoms with Gasteiger partial charge in [0.1, 0.15) is 5.56 Å². The lowest BCUT2D eigenvalue weighted by molar-refractivity contribution is -0.385. The number of hydrogen-bond donors (Lipinski definition) is 2. The average molecular weight is 464 g/mol. The molecule has 0 bridgehead atoms. The lowest BCUT2D eigenvalue weighted by atomic mass is 9.97. The predicted molar refractivity (Wildman–Crippen MR) is 114 cm³/mol. The smallest absolute Gasteiger partial charge is 0.283 e. The number of carbonyl (C=O) groups excluding carboxylic acids is 4. The fourth-order valence-electron chi connectivity index (χ4n) is 5.18. The summed E-state index contributed by atoms with van der Waals surface area (Å²) in [5.74, 6) is -2.14. The van der Waals surface area contributed by atoms with Crippen molar-refractivity contribution in [1.29, 1.82) is 0 Å². The van der Waals surface area contributed by atoms with Crippen LogP contribution in [-0.4, -0.2) is 33.5 Å². The SMILES string of the molecule is O=C1NC(=O)c2c1cc([N+](=O)[O-])c1c2CCC1.O=C1NC(=O)c2c3c(cc([N+](=O)[O-])c21)CCC3. The number of carbonyl (C=O) groups is 4. The molecule has 2 aromatic rings. The first-order chi connectivity index (χ1) is 16.2. The van der Waals surface area contributed by atoms with Crippen LogP contribution in [0.1, 0.15) is 76.5 Å². The minimum atomic E-state index is -0.661. The second-order valence-corrected chi connectivity index (χ2v) is 8.35. The van der Waals surface area contributed by atoms with Gasteiger partial charge < -0.3 is 0 Å². The number of nitro benzene ring substituents is 2. The van der Waals surface area contributed by atoms with Gasteiger partial charge in [0.15, 0.2) is 0 Å². The van der Waals surface area contributed by atoms with E-state index in [1.54, 1.807) is 0 Å². The molecule has 2 heterocycles. The first-order valence-electron chi connectivity index (χ1n) is 10.6. The molecule has 0 radical (unpaired) electrons. The van der Waals surface area contributed by atoms with E-state index < -0.39 is 33.5 Å². The van der Waals surface area contributed by atoms with Crippen LogP contribution >= 0.6 is 0 Å². The molecule has 4 aliphatic rings. The summed E-state index contributed by atoms with van der Waals surface area (Å²) in [6, 6.07) is 2.65. The molecule has 0 saturated heterocycles. The number of nitro groups is 2. The van der Waals surface area contributed by atoms with E-state index in [1.165, 1.54) is 12.1 Å². The zero-order valence-corrected chi connectivity index (χ0v) is 17.6. The fraction of sp³-hybridized carbons (Fsp3) is 0.273. The number of nitrogens with zero attached hydrogens (tertiary/aromatic N) is 2. The normalized spacial score (nSPS) is 16.7. The van der Waals surface area contributed by atoms with Gasteiger partial charge in [0.05, 0.1) is 26.5 Å². The van der Waals surface area contributed by atoms with E-state index in [1.807, 2.05) is 0 Å². The zero-order valence-electron chi connectivity index (χ0n) is 17.6. The van der Waals surface area contributed by atoms with Crippen molar-refractivity contribution in [3.05, 3.63) is 76.9 Å². The Bertz CT molecular complexity index is 1390. The minimum absolute atomic E-state index is 0.0406. The first-order valence-corrected chi connectivity index (χ1v) is 10.6. The summed E-state index contributed by atoms with van der Waals surface area (Å²) in [7, 11) is 0. The van der Waals surface area contributed by atoms with E-state index in [9.17, 15) is 39.4 Å². The maximum absolute atomic E-state index is 11.7. The first kappa shape index (κ1) is 21.4. The largest absolute Gasteiger partial charge is 0.288 e. The second-order valence-electron chi connectivity index (χ2n) is 8.35. The van der Waals surface area contributed by atoms with Crippen molar-refractivity contribution in [2.24, 2.45) is 0 Å². The molecule has 12 heteroatoms. The van der Waals surface area contributed by atoms with E-state index in [-0.39, 0.29) is 28.1 Å². The minimum Gasteiger partial charge on any atom is -0.288 e. The van der Waals surface area contributed by atoms with E-state index in [4.69, 9.17) is 0 Å². The standard InChI is InChI=1S/2C11H8N2O4/c14-10-7-4-8(13(16)17)5-2-1-3-6(5)9(7)11(15)12-10;14-10-8-6-3-1-2-5(6)4-7(13(16)17)9(8)11(15)12-10/h2*4H,1-3H2,(H,12,14,15). The molecule has 0 unspecified atom stereocenters. The van der Waals surface area contributed by atoms with Crippen LogP contribution in [0.15, 0.2) is 12.1 Å². The zero-order chi connectivity index (χ0) is 24.3. The van der Waals surface area contributed by atoms with Gasteiger partial charge in [0.25, 0.3) is 35.0 Å². The molecule has 2 aliphatic carbocycles. The second kappa shape index (κ2) is 7.54. The maximum atomic E-state index is 11.7. The maximum Gasteiger partial charge on any atom is 0.283 e. The van der Waals surface area contributed by atoms with Crippen LogP contribution in [0.3, 0.4) is 0 Å². The van der Waals surface area contributed by atoms with Gasteiger partial charge in [-0.2, -0.15) is 0 Å². The number of nitrogens with one attached hydrogen (secondary N) is 2. The lowest BCUT2D eigenvalue weighted by Gasteiger charge is -2.04. The Morgan fingerprint density at radius 1 is 0.618 bits per heavy atom. The molecule has 2 aliphatic heterocycles. The Hall–Kier alpha value is -4.48. The molecule has 34 heavy (non-hydrogen) atoms. The summed E-state index contributed by atoms with van der Waals surface area (Å²) in [5.41, 5.74) is 3.24. The van der Waals surface area contributed by atoms with Gasteiger partial charge in [0.2, 0.25) is 0 Å². The topological polar surface area (TPSA) is 179 Å². The molecule has 0 fully saturated rings. The Balaban J connectivity index is 0.000000142. The fourth-order valence-corrected chi connectivity index (χ4v) is 5.18. The highest BCUT2D eigenvalue weighted by atomic mass is 16.6. The van der Waals surface area contributed by atoms with Crippen LogP contribution in [0.4, 0.5) is 11.4 Å². The van der Waals surface area contributed by atoms with Gasteiger partial charge in [0, 0.05) is 17.7 Å². The van der Waals surface area contributed by atoms with Crippen LogP contribution < -0.4 is 10.6 Å². The summed E-state index contributed by atoms with van der Waals surface area (Å²) in [6.07, 6.45) is 4.31. The van der Waals surface area contributed by atoms with Crippen LogP contribution in [0.25, 0.3) is 0 Å². The van der Waals surface area contributed by atoms with Gasteiger partial charge in [-0.05, 0) is 55.2 Å². The third-order valence-electron chi connectivity index (χ3n) is 6.53. The number of hydrogen-bond acceptors (Lipinski definition) is 8. The number of benzene rings is 2. The molecule has 2 N–H and O–H groups in total. The summed E-state index contributed by atoms with van der Waals surface area (Å²) in [4.78, 5) is 67.1. The number of aryl methyl sites for hydroxylation is 1. The van der Waals surface area contributed by atoms with Crippen LogP contribution in [-0.2, 0) is 25.7 Å². The van der Waals surface area contributed by atoms with Crippen molar-refractivity contribution in [2.45, 2.75) is 38.5 Å². The highest BCUT2D eigenvalue weighted by Gasteiger charge is 2.39. The van der Waals surface area contributed by atoms with Gasteiger partial charge in [-0.15, -0.1) is 0 Å². The van der Waals surface area contributed by atoms with E-state index >= 15 is 0 Å². The van der Waals surface area contributed by atoms with Gasteiger partial charge >= 0.3 is 0 Å². The monoisotopic (exact) mass is 464 g/mol. The number of amides is 4. The van der Waals surface area contributed by atoms with Crippen molar-refractivity contribution < 1.29 is 29.0 Å². The van der Waals surface area contributed by atoms with Crippen LogP contribution in [0, 0.1) is 20.2 Å². The summed E-state index contributed by atoms with van der Waals surface area (Å²) < 4.78 is 0. The summed E-state index contributed by atoms with van der Waals surface area (Å²) in [5, 5.41) is 26.2. The lowest BCUT2D eigenvalue weighted by Crippen LogP contribution is -2.20. The molecule has 0 saturated carbocycles. The molecule has 12 nitrogen and oxygen atoms in total. The van der Waals surface area contributed by atoms with Crippen molar-refractivity contribution >= 4 is 35.0 Å². The highest BCUT2D eigenvalue weighted by Crippen LogP contribution is 2.38. The summed E-state index contributed by atoms with van der Waals surface area (Å²) >= 11 is 0. The Morgan fingerprint density at radius 2 is 1.18 bits per heavy atom. The molecule has 0 spiro atoms. The highest BCUT2D eigenvalue weighted by molar-refractivity contribution is 6.24. The molecule has 4 amide bonds. The molecule has 2 aromatic carbocycles. The third kappa shape index (κ3) is 3.06. The predicted octanol–water partition coefficient (Wildman–Crippen LogP) is 1.93.